The Bertz CT molecular complexity index is 450. The lowest BCUT2D eigenvalue weighted by molar-refractivity contribution is 0.418. The van der Waals surface area contributed by atoms with Gasteiger partial charge in [-0.2, -0.15) is 10.1 Å². The van der Waals surface area contributed by atoms with Crippen LogP contribution in [0.2, 0.25) is 0 Å². The van der Waals surface area contributed by atoms with Gasteiger partial charge in [-0.15, -0.1) is 0 Å². The quantitative estimate of drug-likeness (QED) is 0.713. The molecule has 0 aliphatic carbocycles. The fourth-order valence-electron chi connectivity index (χ4n) is 1.78. The summed E-state index contributed by atoms with van der Waals surface area (Å²) in [5.41, 5.74) is 2.03. The Morgan fingerprint density at radius 2 is 2.07 bits per heavy atom. The first kappa shape index (κ1) is 9.89. The van der Waals surface area contributed by atoms with Crippen molar-refractivity contribution >= 4 is 0 Å². The fourth-order valence-corrected chi connectivity index (χ4v) is 1.78. The largest absolute Gasteiger partial charge is 0.342 e. The van der Waals surface area contributed by atoms with Gasteiger partial charge in [-0.3, -0.25) is 4.68 Å². The van der Waals surface area contributed by atoms with Crippen LogP contribution in [0.15, 0.2) is 17.1 Å². The molecule has 0 aromatic carbocycles. The maximum absolute atomic E-state index is 4.75. The van der Waals surface area contributed by atoms with E-state index < -0.39 is 0 Å². The second-order valence-electron chi connectivity index (χ2n) is 4.54. The third-order valence-electron chi connectivity index (χ3n) is 2.25. The number of aromatic nitrogens is 4. The summed E-state index contributed by atoms with van der Waals surface area (Å²) in [6.45, 7) is 6.40. The Hall–Kier alpha value is -1.65. The van der Waals surface area contributed by atoms with E-state index in [1.54, 1.807) is 6.20 Å². The van der Waals surface area contributed by atoms with Crippen LogP contribution in [0.5, 0.6) is 0 Å². The van der Waals surface area contributed by atoms with Gasteiger partial charge in [0, 0.05) is 12.5 Å². The normalized spacial score (nSPS) is 12.0. The summed E-state index contributed by atoms with van der Waals surface area (Å²) < 4.78 is 6.60. The van der Waals surface area contributed by atoms with Crippen molar-refractivity contribution in [2.45, 2.75) is 26.2 Å². The molecule has 0 aliphatic heterocycles. The summed E-state index contributed by atoms with van der Waals surface area (Å²) in [7, 11) is 1.92. The zero-order valence-corrected chi connectivity index (χ0v) is 9.35. The van der Waals surface area contributed by atoms with Crippen LogP contribution in [0.3, 0.4) is 0 Å². The Morgan fingerprint density at radius 3 is 2.60 bits per heavy atom. The summed E-state index contributed by atoms with van der Waals surface area (Å²) in [5, 5.41) is 8.07. The highest BCUT2D eigenvalue weighted by Crippen LogP contribution is 2.30. The van der Waals surface area contributed by atoms with Gasteiger partial charge in [0.15, 0.2) is 0 Å². The number of nitrogens with zero attached hydrogens (tertiary/aromatic N) is 4. The van der Waals surface area contributed by atoms with Crippen molar-refractivity contribution in [1.82, 2.24) is 19.9 Å². The van der Waals surface area contributed by atoms with Crippen molar-refractivity contribution in [1.29, 1.82) is 0 Å². The summed E-state index contributed by atoms with van der Waals surface area (Å²) in [4.78, 5) is 4.04. The van der Waals surface area contributed by atoms with E-state index in [0.717, 1.165) is 11.3 Å². The molecule has 80 valence electrons. The fraction of sp³-hybridized carbons (Fsp3) is 0.500. The molecule has 0 N–H and O–H groups in total. The van der Waals surface area contributed by atoms with Gasteiger partial charge in [0.25, 0.3) is 0 Å². The molecule has 5 heteroatoms. The third kappa shape index (κ3) is 1.65. The molecule has 0 unspecified atom stereocenters. The SMILES string of the molecule is Cn1ncc(-c2ncon2)c1C(C)(C)C. The molecule has 0 atom stereocenters. The average molecular weight is 206 g/mol. The van der Waals surface area contributed by atoms with E-state index in [-0.39, 0.29) is 5.41 Å². The van der Waals surface area contributed by atoms with Crippen LogP contribution in [0.1, 0.15) is 26.5 Å². The van der Waals surface area contributed by atoms with Crippen LogP contribution in [0, 0.1) is 0 Å². The van der Waals surface area contributed by atoms with E-state index in [1.165, 1.54) is 6.39 Å². The van der Waals surface area contributed by atoms with Gasteiger partial charge in [-0.25, -0.2) is 0 Å². The molecule has 0 aliphatic rings. The highest BCUT2D eigenvalue weighted by Gasteiger charge is 2.24. The number of rotatable bonds is 1. The molecule has 15 heavy (non-hydrogen) atoms. The van der Waals surface area contributed by atoms with E-state index in [9.17, 15) is 0 Å². The van der Waals surface area contributed by atoms with Gasteiger partial charge in [0.2, 0.25) is 12.2 Å². The van der Waals surface area contributed by atoms with E-state index >= 15 is 0 Å². The molecule has 2 aromatic heterocycles. The number of hydrogen-bond donors (Lipinski definition) is 0. The maximum Gasteiger partial charge on any atom is 0.214 e. The third-order valence-corrected chi connectivity index (χ3v) is 2.25. The highest BCUT2D eigenvalue weighted by atomic mass is 16.5. The Labute approximate surface area is 88.1 Å². The molecule has 0 saturated heterocycles. The predicted molar refractivity (Wildman–Crippen MR) is 55.2 cm³/mol. The standard InChI is InChI=1S/C10H14N4O/c1-10(2,3)8-7(5-12-14(8)4)9-11-6-15-13-9/h5-6H,1-4H3. The summed E-state index contributed by atoms with van der Waals surface area (Å²) >= 11 is 0. The van der Waals surface area contributed by atoms with Crippen molar-refractivity contribution in [3.05, 3.63) is 18.3 Å². The molecule has 0 bridgehead atoms. The van der Waals surface area contributed by atoms with Gasteiger partial charge in [-0.1, -0.05) is 25.9 Å². The van der Waals surface area contributed by atoms with Crippen molar-refractivity contribution in [3.63, 3.8) is 0 Å². The average Bonchev–Trinajstić information content (AvgIpc) is 2.68. The molecule has 2 heterocycles. The lowest BCUT2D eigenvalue weighted by atomic mass is 9.89. The summed E-state index contributed by atoms with van der Waals surface area (Å²) in [6.07, 6.45) is 3.10. The van der Waals surface area contributed by atoms with E-state index in [2.05, 4.69) is 36.0 Å². The van der Waals surface area contributed by atoms with Crippen LogP contribution in [-0.4, -0.2) is 19.9 Å². The van der Waals surface area contributed by atoms with Gasteiger partial charge in [0.1, 0.15) is 0 Å². The minimum atomic E-state index is 0.00120. The monoisotopic (exact) mass is 206 g/mol. The van der Waals surface area contributed by atoms with Crippen molar-refractivity contribution in [3.8, 4) is 11.4 Å². The molecule has 2 rings (SSSR count). The zero-order valence-electron chi connectivity index (χ0n) is 9.35. The lowest BCUT2D eigenvalue weighted by Crippen LogP contribution is -2.17. The highest BCUT2D eigenvalue weighted by molar-refractivity contribution is 5.58. The first-order chi connectivity index (χ1) is 7.00. The predicted octanol–water partition coefficient (Wildman–Crippen LogP) is 1.77. The van der Waals surface area contributed by atoms with Crippen LogP contribution in [-0.2, 0) is 12.5 Å². The van der Waals surface area contributed by atoms with Gasteiger partial charge < -0.3 is 4.52 Å². The lowest BCUT2D eigenvalue weighted by Gasteiger charge is -2.19. The Balaban J connectivity index is 2.59. The summed E-state index contributed by atoms with van der Waals surface area (Å²) in [5.74, 6) is 0.591. The van der Waals surface area contributed by atoms with Gasteiger partial charge in [0.05, 0.1) is 17.5 Å². The van der Waals surface area contributed by atoms with E-state index in [0.29, 0.717) is 5.82 Å². The Kier molecular flexibility index (Phi) is 2.10. The second kappa shape index (κ2) is 3.18. The van der Waals surface area contributed by atoms with Crippen molar-refractivity contribution in [2.24, 2.45) is 7.05 Å². The zero-order chi connectivity index (χ0) is 11.1. The van der Waals surface area contributed by atoms with Crippen LogP contribution >= 0.6 is 0 Å². The van der Waals surface area contributed by atoms with E-state index in [4.69, 9.17) is 4.52 Å². The molecular weight excluding hydrogens is 192 g/mol. The number of hydrogen-bond acceptors (Lipinski definition) is 4. The number of aryl methyl sites for hydroxylation is 1. The molecule has 0 saturated carbocycles. The molecule has 2 aromatic rings. The second-order valence-corrected chi connectivity index (χ2v) is 4.54. The topological polar surface area (TPSA) is 56.7 Å². The van der Waals surface area contributed by atoms with Crippen LogP contribution in [0.25, 0.3) is 11.4 Å². The van der Waals surface area contributed by atoms with Crippen LogP contribution < -0.4 is 0 Å². The van der Waals surface area contributed by atoms with Crippen LogP contribution in [0.4, 0.5) is 0 Å². The molecule has 0 fully saturated rings. The minimum Gasteiger partial charge on any atom is -0.342 e. The first-order valence-corrected chi connectivity index (χ1v) is 4.79. The summed E-state index contributed by atoms with van der Waals surface area (Å²) in [6, 6.07) is 0. The smallest absolute Gasteiger partial charge is 0.214 e. The van der Waals surface area contributed by atoms with Crippen molar-refractivity contribution in [2.75, 3.05) is 0 Å². The first-order valence-electron chi connectivity index (χ1n) is 4.79. The molecule has 0 radical (unpaired) electrons. The molecule has 0 spiro atoms. The molecule has 5 nitrogen and oxygen atoms in total. The van der Waals surface area contributed by atoms with Gasteiger partial charge >= 0.3 is 0 Å². The van der Waals surface area contributed by atoms with Gasteiger partial charge in [-0.05, 0) is 0 Å². The van der Waals surface area contributed by atoms with E-state index in [1.807, 2.05) is 11.7 Å². The Morgan fingerprint density at radius 1 is 1.33 bits per heavy atom. The van der Waals surface area contributed by atoms with Crippen molar-refractivity contribution < 1.29 is 4.52 Å². The minimum absolute atomic E-state index is 0.00120. The molecule has 0 amide bonds. The molecular formula is C10H14N4O. The maximum atomic E-state index is 4.75.